The molecule has 1 heterocycles. The molecule has 3 heteroatoms. The number of rotatable bonds is 3. The highest BCUT2D eigenvalue weighted by atomic mass is 16.7. The molecule has 0 spiro atoms. The first-order chi connectivity index (χ1) is 11.6. The van der Waals surface area contributed by atoms with E-state index in [0.717, 1.165) is 11.9 Å². The van der Waals surface area contributed by atoms with Crippen molar-refractivity contribution in [3.63, 3.8) is 0 Å². The lowest BCUT2D eigenvalue weighted by Crippen LogP contribution is -2.46. The van der Waals surface area contributed by atoms with Crippen LogP contribution in [0.2, 0.25) is 0 Å². The van der Waals surface area contributed by atoms with Gasteiger partial charge in [-0.3, -0.25) is 0 Å². The molecule has 132 valence electrons. The summed E-state index contributed by atoms with van der Waals surface area (Å²) >= 11 is 0. The van der Waals surface area contributed by atoms with E-state index in [2.05, 4.69) is 77.9 Å². The second-order valence-corrected chi connectivity index (χ2v) is 8.84. The summed E-state index contributed by atoms with van der Waals surface area (Å²) in [5.41, 5.74) is 3.13. The lowest BCUT2D eigenvalue weighted by molar-refractivity contribution is -0.00877. The SMILES string of the molecule is CC(C)(C)c1ccc(CC2(C)OB(c3ccccc3)OC2(C)C)cc1. The summed E-state index contributed by atoms with van der Waals surface area (Å²) in [5.74, 6) is 0. The van der Waals surface area contributed by atoms with Crippen LogP contribution < -0.4 is 5.46 Å². The van der Waals surface area contributed by atoms with E-state index in [4.69, 9.17) is 9.31 Å². The minimum atomic E-state index is -0.378. The van der Waals surface area contributed by atoms with E-state index in [1.165, 1.54) is 11.1 Å². The van der Waals surface area contributed by atoms with Crippen molar-refractivity contribution in [2.75, 3.05) is 0 Å². The van der Waals surface area contributed by atoms with E-state index in [0.29, 0.717) is 0 Å². The van der Waals surface area contributed by atoms with Crippen molar-refractivity contribution >= 4 is 12.6 Å². The molecule has 0 N–H and O–H groups in total. The van der Waals surface area contributed by atoms with Crippen LogP contribution >= 0.6 is 0 Å². The molecule has 2 aromatic rings. The molecule has 0 aromatic heterocycles. The molecule has 1 fully saturated rings. The molecule has 1 atom stereocenters. The third kappa shape index (κ3) is 3.68. The first-order valence-corrected chi connectivity index (χ1v) is 9.11. The summed E-state index contributed by atoms with van der Waals surface area (Å²) in [6, 6.07) is 19.1. The zero-order valence-corrected chi connectivity index (χ0v) is 16.3. The van der Waals surface area contributed by atoms with E-state index < -0.39 is 0 Å². The van der Waals surface area contributed by atoms with Crippen LogP contribution in [0.25, 0.3) is 0 Å². The average Bonchev–Trinajstić information content (AvgIpc) is 2.77. The number of benzene rings is 2. The second kappa shape index (κ2) is 6.30. The normalized spacial score (nSPS) is 23.0. The molecular formula is C22H29BO2. The average molecular weight is 336 g/mol. The topological polar surface area (TPSA) is 18.5 Å². The van der Waals surface area contributed by atoms with E-state index in [1.54, 1.807) is 0 Å². The Balaban J connectivity index is 1.81. The Labute approximate surface area is 152 Å². The van der Waals surface area contributed by atoms with Crippen LogP contribution in [0.3, 0.4) is 0 Å². The van der Waals surface area contributed by atoms with Gasteiger partial charge in [0.1, 0.15) is 0 Å². The van der Waals surface area contributed by atoms with Gasteiger partial charge in [-0.2, -0.15) is 0 Å². The predicted molar refractivity (Wildman–Crippen MR) is 105 cm³/mol. The van der Waals surface area contributed by atoms with Gasteiger partial charge in [-0.15, -0.1) is 0 Å². The van der Waals surface area contributed by atoms with Crippen LogP contribution in [0.1, 0.15) is 52.7 Å². The Bertz CT molecular complexity index is 716. The summed E-state index contributed by atoms with van der Waals surface area (Å²) in [6.07, 6.45) is 0.827. The Morgan fingerprint density at radius 1 is 0.840 bits per heavy atom. The molecule has 2 nitrogen and oxygen atoms in total. The second-order valence-electron chi connectivity index (χ2n) is 8.84. The van der Waals surface area contributed by atoms with Gasteiger partial charge in [0.25, 0.3) is 0 Å². The zero-order valence-electron chi connectivity index (χ0n) is 16.3. The molecule has 1 unspecified atom stereocenters. The van der Waals surface area contributed by atoms with Crippen LogP contribution in [0.4, 0.5) is 0 Å². The molecule has 1 saturated heterocycles. The third-order valence-electron chi connectivity index (χ3n) is 5.48. The van der Waals surface area contributed by atoms with Gasteiger partial charge >= 0.3 is 7.12 Å². The Hall–Kier alpha value is -1.58. The molecule has 0 bridgehead atoms. The van der Waals surface area contributed by atoms with Crippen molar-refractivity contribution in [2.24, 2.45) is 0 Å². The van der Waals surface area contributed by atoms with E-state index in [9.17, 15) is 0 Å². The Morgan fingerprint density at radius 2 is 1.44 bits per heavy atom. The summed E-state index contributed by atoms with van der Waals surface area (Å²) in [5, 5.41) is 0. The van der Waals surface area contributed by atoms with E-state index >= 15 is 0 Å². The highest BCUT2D eigenvalue weighted by molar-refractivity contribution is 6.62. The highest BCUT2D eigenvalue weighted by Crippen LogP contribution is 2.39. The molecule has 0 radical (unpaired) electrons. The maximum atomic E-state index is 6.43. The molecule has 3 rings (SSSR count). The van der Waals surface area contributed by atoms with Crippen molar-refractivity contribution in [1.29, 1.82) is 0 Å². The summed E-state index contributed by atoms with van der Waals surface area (Å²) in [7, 11) is -0.310. The Morgan fingerprint density at radius 3 is 2.00 bits per heavy atom. The van der Waals surface area contributed by atoms with Crippen LogP contribution in [0.15, 0.2) is 54.6 Å². The molecule has 0 amide bonds. The number of hydrogen-bond acceptors (Lipinski definition) is 2. The molecule has 25 heavy (non-hydrogen) atoms. The summed E-state index contributed by atoms with van der Waals surface area (Å²) in [4.78, 5) is 0. The van der Waals surface area contributed by atoms with Crippen molar-refractivity contribution in [3.05, 3.63) is 65.7 Å². The standard InChI is InChI=1S/C22H29BO2/c1-20(2,3)18-14-12-17(13-15-18)16-22(6)21(4,5)24-23(25-22)19-10-8-7-9-11-19/h7-15H,16H2,1-6H3. The quantitative estimate of drug-likeness (QED) is 0.768. The van der Waals surface area contributed by atoms with Gasteiger partial charge in [0, 0.05) is 6.42 Å². The maximum Gasteiger partial charge on any atom is 0.494 e. The van der Waals surface area contributed by atoms with Gasteiger partial charge in [0.2, 0.25) is 0 Å². The van der Waals surface area contributed by atoms with Crippen molar-refractivity contribution in [3.8, 4) is 0 Å². The molecule has 1 aliphatic rings. The van der Waals surface area contributed by atoms with Gasteiger partial charge in [-0.25, -0.2) is 0 Å². The van der Waals surface area contributed by atoms with Crippen LogP contribution in [-0.2, 0) is 21.1 Å². The first kappa shape index (κ1) is 18.2. The minimum Gasteiger partial charge on any atom is -0.399 e. The fourth-order valence-electron chi connectivity index (χ4n) is 3.31. The van der Waals surface area contributed by atoms with Gasteiger partial charge in [0.15, 0.2) is 0 Å². The summed E-state index contributed by atoms with van der Waals surface area (Å²) < 4.78 is 12.7. The third-order valence-corrected chi connectivity index (χ3v) is 5.48. The molecular weight excluding hydrogens is 307 g/mol. The van der Waals surface area contributed by atoms with Gasteiger partial charge in [-0.05, 0) is 42.8 Å². The minimum absolute atomic E-state index is 0.174. The highest BCUT2D eigenvalue weighted by Gasteiger charge is 2.54. The molecule has 0 saturated carbocycles. The predicted octanol–water partition coefficient (Wildman–Crippen LogP) is 4.51. The molecule has 2 aromatic carbocycles. The maximum absolute atomic E-state index is 6.43. The monoisotopic (exact) mass is 336 g/mol. The fraction of sp³-hybridized carbons (Fsp3) is 0.455. The van der Waals surface area contributed by atoms with Gasteiger partial charge in [-0.1, -0.05) is 75.4 Å². The van der Waals surface area contributed by atoms with Crippen molar-refractivity contribution in [1.82, 2.24) is 0 Å². The first-order valence-electron chi connectivity index (χ1n) is 9.11. The number of hydrogen-bond donors (Lipinski definition) is 0. The summed E-state index contributed by atoms with van der Waals surface area (Å²) in [6.45, 7) is 13.1. The largest absolute Gasteiger partial charge is 0.494 e. The van der Waals surface area contributed by atoms with Crippen molar-refractivity contribution in [2.45, 2.75) is 64.6 Å². The van der Waals surface area contributed by atoms with Crippen LogP contribution in [0.5, 0.6) is 0 Å². The van der Waals surface area contributed by atoms with Crippen LogP contribution in [0, 0.1) is 0 Å². The lowest BCUT2D eigenvalue weighted by Gasteiger charge is -2.36. The fourth-order valence-corrected chi connectivity index (χ4v) is 3.31. The van der Waals surface area contributed by atoms with Gasteiger partial charge in [0.05, 0.1) is 11.2 Å². The van der Waals surface area contributed by atoms with E-state index in [-0.39, 0.29) is 23.7 Å². The Kier molecular flexibility index (Phi) is 4.59. The smallest absolute Gasteiger partial charge is 0.399 e. The lowest BCUT2D eigenvalue weighted by atomic mass is 9.79. The van der Waals surface area contributed by atoms with Gasteiger partial charge < -0.3 is 9.31 Å². The molecule has 1 aliphatic heterocycles. The zero-order chi connectivity index (χ0) is 18.3. The van der Waals surface area contributed by atoms with Crippen LogP contribution in [-0.4, -0.2) is 18.3 Å². The van der Waals surface area contributed by atoms with E-state index in [1.807, 2.05) is 18.2 Å². The molecule has 0 aliphatic carbocycles. The van der Waals surface area contributed by atoms with Crippen molar-refractivity contribution < 1.29 is 9.31 Å².